The number of rotatable bonds is 3. The summed E-state index contributed by atoms with van der Waals surface area (Å²) in [5.74, 6) is 0.826. The summed E-state index contributed by atoms with van der Waals surface area (Å²) in [6, 6.07) is 2.43. The summed E-state index contributed by atoms with van der Waals surface area (Å²) in [6.07, 6.45) is 2.90. The fourth-order valence-corrected chi connectivity index (χ4v) is 1.55. The Hall–Kier alpha value is -1.00. The van der Waals surface area contributed by atoms with Gasteiger partial charge in [0.05, 0.1) is 12.3 Å². The number of aryl methyl sites for hydroxylation is 1. The van der Waals surface area contributed by atoms with E-state index in [0.717, 1.165) is 37.7 Å². The van der Waals surface area contributed by atoms with Crippen molar-refractivity contribution in [2.75, 3.05) is 13.2 Å². The predicted octanol–water partition coefficient (Wildman–Crippen LogP) is 0.664. The van der Waals surface area contributed by atoms with E-state index < -0.39 is 0 Å². The average molecular weight is 193 g/mol. The molecule has 1 N–H and O–H groups in total. The molecule has 14 heavy (non-hydrogen) atoms. The van der Waals surface area contributed by atoms with Crippen LogP contribution in [0.25, 0.3) is 0 Å². The Kier molecular flexibility index (Phi) is 3.06. The van der Waals surface area contributed by atoms with Gasteiger partial charge in [-0.3, -0.25) is 0 Å². The summed E-state index contributed by atoms with van der Waals surface area (Å²) in [4.78, 5) is 8.38. The SMILES string of the molecule is Cc1nccc(CNC2CCOC2)n1. The van der Waals surface area contributed by atoms with E-state index in [-0.39, 0.29) is 0 Å². The number of hydrogen-bond donors (Lipinski definition) is 1. The molecule has 2 heterocycles. The minimum Gasteiger partial charge on any atom is -0.380 e. The predicted molar refractivity (Wildman–Crippen MR) is 52.8 cm³/mol. The Bertz CT molecular complexity index is 297. The van der Waals surface area contributed by atoms with Crippen molar-refractivity contribution in [3.8, 4) is 0 Å². The van der Waals surface area contributed by atoms with E-state index in [4.69, 9.17) is 4.74 Å². The standard InChI is InChI=1S/C10H15N3O/c1-8-11-4-2-9(13-8)6-12-10-3-5-14-7-10/h2,4,10,12H,3,5-7H2,1H3. The number of aromatic nitrogens is 2. The van der Waals surface area contributed by atoms with Gasteiger partial charge in [-0.25, -0.2) is 9.97 Å². The van der Waals surface area contributed by atoms with E-state index in [1.54, 1.807) is 6.20 Å². The van der Waals surface area contributed by atoms with Crippen molar-refractivity contribution in [1.82, 2.24) is 15.3 Å². The van der Waals surface area contributed by atoms with Crippen molar-refractivity contribution in [1.29, 1.82) is 0 Å². The van der Waals surface area contributed by atoms with Gasteiger partial charge in [0.15, 0.2) is 0 Å². The first-order valence-corrected chi connectivity index (χ1v) is 4.94. The molecule has 0 amide bonds. The third-order valence-corrected chi connectivity index (χ3v) is 2.34. The first-order valence-electron chi connectivity index (χ1n) is 4.94. The van der Waals surface area contributed by atoms with E-state index in [1.807, 2.05) is 13.0 Å². The Morgan fingerprint density at radius 3 is 3.29 bits per heavy atom. The third-order valence-electron chi connectivity index (χ3n) is 2.34. The van der Waals surface area contributed by atoms with Gasteiger partial charge in [-0.1, -0.05) is 0 Å². The van der Waals surface area contributed by atoms with Crippen molar-refractivity contribution >= 4 is 0 Å². The van der Waals surface area contributed by atoms with E-state index in [0.29, 0.717) is 6.04 Å². The lowest BCUT2D eigenvalue weighted by atomic mass is 10.2. The van der Waals surface area contributed by atoms with Crippen molar-refractivity contribution in [2.24, 2.45) is 0 Å². The molecule has 4 nitrogen and oxygen atoms in total. The van der Waals surface area contributed by atoms with Crippen LogP contribution in [0.2, 0.25) is 0 Å². The van der Waals surface area contributed by atoms with Crippen molar-refractivity contribution < 1.29 is 4.74 Å². The summed E-state index contributed by atoms with van der Waals surface area (Å²) in [5.41, 5.74) is 1.05. The van der Waals surface area contributed by atoms with Gasteiger partial charge in [-0.2, -0.15) is 0 Å². The van der Waals surface area contributed by atoms with Crippen LogP contribution in [-0.2, 0) is 11.3 Å². The molecule has 1 atom stereocenters. The second kappa shape index (κ2) is 4.48. The highest BCUT2D eigenvalue weighted by molar-refractivity contribution is 5.01. The molecule has 0 saturated carbocycles. The van der Waals surface area contributed by atoms with Gasteiger partial charge in [0, 0.05) is 25.4 Å². The summed E-state index contributed by atoms with van der Waals surface area (Å²) in [6.45, 7) is 4.41. The van der Waals surface area contributed by atoms with Gasteiger partial charge in [0.2, 0.25) is 0 Å². The summed E-state index contributed by atoms with van der Waals surface area (Å²) in [7, 11) is 0. The van der Waals surface area contributed by atoms with Crippen molar-refractivity contribution in [3.05, 3.63) is 23.8 Å². The molecule has 1 unspecified atom stereocenters. The molecule has 0 aliphatic carbocycles. The molecule has 2 rings (SSSR count). The minimum atomic E-state index is 0.491. The van der Waals surface area contributed by atoms with E-state index in [2.05, 4.69) is 15.3 Å². The Morgan fingerprint density at radius 1 is 1.64 bits per heavy atom. The van der Waals surface area contributed by atoms with Crippen LogP contribution >= 0.6 is 0 Å². The number of ether oxygens (including phenoxy) is 1. The first kappa shape index (κ1) is 9.55. The van der Waals surface area contributed by atoms with Gasteiger partial charge >= 0.3 is 0 Å². The molecule has 1 fully saturated rings. The molecule has 1 aliphatic rings. The molecule has 0 bridgehead atoms. The Balaban J connectivity index is 1.85. The zero-order chi connectivity index (χ0) is 9.80. The van der Waals surface area contributed by atoms with Crippen LogP contribution in [0.1, 0.15) is 17.9 Å². The summed E-state index contributed by atoms with van der Waals surface area (Å²) >= 11 is 0. The smallest absolute Gasteiger partial charge is 0.125 e. The largest absolute Gasteiger partial charge is 0.380 e. The zero-order valence-corrected chi connectivity index (χ0v) is 8.36. The van der Waals surface area contributed by atoms with Gasteiger partial charge in [0.1, 0.15) is 5.82 Å². The molecular formula is C10H15N3O. The highest BCUT2D eigenvalue weighted by Gasteiger charge is 2.14. The lowest BCUT2D eigenvalue weighted by Crippen LogP contribution is -2.28. The van der Waals surface area contributed by atoms with Crippen LogP contribution in [0.15, 0.2) is 12.3 Å². The lowest BCUT2D eigenvalue weighted by Gasteiger charge is -2.09. The second-order valence-corrected chi connectivity index (χ2v) is 3.54. The minimum absolute atomic E-state index is 0.491. The van der Waals surface area contributed by atoms with Crippen LogP contribution in [0.4, 0.5) is 0 Å². The average Bonchev–Trinajstić information content (AvgIpc) is 2.67. The van der Waals surface area contributed by atoms with Crippen LogP contribution < -0.4 is 5.32 Å². The Labute approximate surface area is 83.7 Å². The molecular weight excluding hydrogens is 178 g/mol. The second-order valence-electron chi connectivity index (χ2n) is 3.54. The van der Waals surface area contributed by atoms with Crippen LogP contribution in [0.3, 0.4) is 0 Å². The van der Waals surface area contributed by atoms with E-state index in [1.165, 1.54) is 0 Å². The van der Waals surface area contributed by atoms with E-state index >= 15 is 0 Å². The fourth-order valence-electron chi connectivity index (χ4n) is 1.55. The van der Waals surface area contributed by atoms with Crippen LogP contribution in [0.5, 0.6) is 0 Å². The molecule has 0 radical (unpaired) electrons. The van der Waals surface area contributed by atoms with Crippen LogP contribution in [0, 0.1) is 6.92 Å². The van der Waals surface area contributed by atoms with Gasteiger partial charge in [-0.05, 0) is 19.4 Å². The molecule has 4 heteroatoms. The maximum atomic E-state index is 5.27. The zero-order valence-electron chi connectivity index (χ0n) is 8.36. The highest BCUT2D eigenvalue weighted by atomic mass is 16.5. The molecule has 0 spiro atoms. The normalized spacial score (nSPS) is 21.4. The Morgan fingerprint density at radius 2 is 2.57 bits per heavy atom. The number of hydrogen-bond acceptors (Lipinski definition) is 4. The lowest BCUT2D eigenvalue weighted by molar-refractivity contribution is 0.189. The third kappa shape index (κ3) is 2.49. The topological polar surface area (TPSA) is 47.0 Å². The molecule has 1 saturated heterocycles. The van der Waals surface area contributed by atoms with Crippen molar-refractivity contribution in [2.45, 2.75) is 25.9 Å². The summed E-state index contributed by atoms with van der Waals surface area (Å²) < 4.78 is 5.27. The van der Waals surface area contributed by atoms with Gasteiger partial charge in [-0.15, -0.1) is 0 Å². The van der Waals surface area contributed by atoms with Gasteiger partial charge < -0.3 is 10.1 Å². The monoisotopic (exact) mass is 193 g/mol. The summed E-state index contributed by atoms with van der Waals surface area (Å²) in [5, 5.41) is 3.41. The fraction of sp³-hybridized carbons (Fsp3) is 0.600. The van der Waals surface area contributed by atoms with Crippen LogP contribution in [-0.4, -0.2) is 29.2 Å². The maximum absolute atomic E-state index is 5.27. The molecule has 0 aromatic carbocycles. The highest BCUT2D eigenvalue weighted by Crippen LogP contribution is 2.04. The molecule has 76 valence electrons. The first-order chi connectivity index (χ1) is 6.84. The molecule has 1 aromatic heterocycles. The molecule has 1 aromatic rings. The maximum Gasteiger partial charge on any atom is 0.125 e. The van der Waals surface area contributed by atoms with Gasteiger partial charge in [0.25, 0.3) is 0 Å². The number of nitrogens with zero attached hydrogens (tertiary/aromatic N) is 2. The van der Waals surface area contributed by atoms with E-state index in [9.17, 15) is 0 Å². The van der Waals surface area contributed by atoms with Crippen molar-refractivity contribution in [3.63, 3.8) is 0 Å². The number of nitrogens with one attached hydrogen (secondary N) is 1. The quantitative estimate of drug-likeness (QED) is 0.766. The molecule has 1 aliphatic heterocycles.